The number of methoxy groups -OCH3 is 1. The van der Waals surface area contributed by atoms with Gasteiger partial charge in [-0.05, 0) is 57.7 Å². The second kappa shape index (κ2) is 7.70. The number of likely N-dealkylation sites (tertiary alicyclic amines) is 1. The van der Waals surface area contributed by atoms with Crippen LogP contribution in [0.1, 0.15) is 54.6 Å². The predicted molar refractivity (Wildman–Crippen MR) is 103 cm³/mol. The first-order chi connectivity index (χ1) is 13.5. The molecule has 2 aliphatic heterocycles. The third kappa shape index (κ3) is 3.48. The molecule has 152 valence electrons. The third-order valence-corrected chi connectivity index (χ3v) is 6.52. The molecule has 7 heteroatoms. The van der Waals surface area contributed by atoms with Crippen molar-refractivity contribution < 1.29 is 19.1 Å². The van der Waals surface area contributed by atoms with Crippen LogP contribution in [0.4, 0.5) is 0 Å². The van der Waals surface area contributed by atoms with E-state index in [0.29, 0.717) is 24.4 Å². The average Bonchev–Trinajstić information content (AvgIpc) is 3.33. The molecule has 1 saturated heterocycles. The monoisotopic (exact) mass is 387 g/mol. The van der Waals surface area contributed by atoms with E-state index < -0.39 is 5.60 Å². The van der Waals surface area contributed by atoms with Crippen molar-refractivity contribution in [1.82, 2.24) is 14.8 Å². The van der Waals surface area contributed by atoms with Crippen LogP contribution in [-0.4, -0.2) is 67.0 Å². The molecule has 28 heavy (non-hydrogen) atoms. The number of rotatable bonds is 5. The summed E-state index contributed by atoms with van der Waals surface area (Å²) in [6.45, 7) is 4.04. The van der Waals surface area contributed by atoms with Crippen LogP contribution in [0.2, 0.25) is 0 Å². The van der Waals surface area contributed by atoms with Crippen molar-refractivity contribution in [1.29, 1.82) is 0 Å². The molecule has 0 N–H and O–H groups in total. The largest absolute Gasteiger partial charge is 0.481 e. The van der Waals surface area contributed by atoms with Gasteiger partial charge in [0.1, 0.15) is 5.60 Å². The summed E-state index contributed by atoms with van der Waals surface area (Å²) in [5, 5.41) is 0. The molecule has 7 nitrogen and oxygen atoms in total. The highest BCUT2D eigenvalue weighted by Gasteiger charge is 2.49. The first-order valence-electron chi connectivity index (χ1n) is 10.3. The summed E-state index contributed by atoms with van der Waals surface area (Å²) >= 11 is 0. The predicted octanol–water partition coefficient (Wildman–Crippen LogP) is 2.20. The number of hydrogen-bond acceptors (Lipinski definition) is 6. The molecule has 2 fully saturated rings. The highest BCUT2D eigenvalue weighted by molar-refractivity contribution is 5.93. The van der Waals surface area contributed by atoms with Crippen LogP contribution in [0.3, 0.4) is 0 Å². The van der Waals surface area contributed by atoms with Crippen molar-refractivity contribution in [3.63, 3.8) is 0 Å². The van der Waals surface area contributed by atoms with Gasteiger partial charge in [0.05, 0.1) is 7.11 Å². The van der Waals surface area contributed by atoms with Crippen molar-refractivity contribution in [2.75, 3.05) is 40.3 Å². The Morgan fingerprint density at radius 3 is 2.71 bits per heavy atom. The maximum Gasteiger partial charge on any atom is 0.358 e. The Morgan fingerprint density at radius 1 is 1.32 bits per heavy atom. The van der Waals surface area contributed by atoms with Gasteiger partial charge >= 0.3 is 5.97 Å². The van der Waals surface area contributed by atoms with Crippen molar-refractivity contribution in [2.24, 2.45) is 5.92 Å². The van der Waals surface area contributed by atoms with E-state index in [-0.39, 0.29) is 17.8 Å². The first kappa shape index (κ1) is 19.2. The zero-order valence-electron chi connectivity index (χ0n) is 16.8. The van der Waals surface area contributed by atoms with Crippen molar-refractivity contribution in [3.8, 4) is 5.88 Å². The van der Waals surface area contributed by atoms with Gasteiger partial charge in [0.15, 0.2) is 5.69 Å². The molecule has 0 bridgehead atoms. The first-order valence-corrected chi connectivity index (χ1v) is 10.3. The molecule has 1 amide bonds. The van der Waals surface area contributed by atoms with E-state index in [1.807, 2.05) is 18.0 Å². The highest BCUT2D eigenvalue weighted by Crippen LogP contribution is 2.48. The summed E-state index contributed by atoms with van der Waals surface area (Å²) in [6, 6.07) is 3.66. The van der Waals surface area contributed by atoms with Gasteiger partial charge in [-0.25, -0.2) is 9.78 Å². The maximum absolute atomic E-state index is 12.9. The summed E-state index contributed by atoms with van der Waals surface area (Å²) < 4.78 is 10.9. The van der Waals surface area contributed by atoms with E-state index in [1.54, 1.807) is 6.07 Å². The summed E-state index contributed by atoms with van der Waals surface area (Å²) in [5.41, 5.74) is 0.565. The van der Waals surface area contributed by atoms with Gasteiger partial charge in [0.25, 0.3) is 0 Å². The molecule has 0 atom stereocenters. The number of ether oxygens (including phenoxy) is 2. The van der Waals surface area contributed by atoms with Gasteiger partial charge in [-0.3, -0.25) is 4.79 Å². The summed E-state index contributed by atoms with van der Waals surface area (Å²) in [7, 11) is 3.44. The number of aromatic nitrogens is 1. The van der Waals surface area contributed by atoms with E-state index in [9.17, 15) is 9.59 Å². The maximum atomic E-state index is 12.9. The summed E-state index contributed by atoms with van der Waals surface area (Å²) in [6.07, 6.45) is 5.32. The van der Waals surface area contributed by atoms with Crippen molar-refractivity contribution >= 4 is 11.9 Å². The number of hydrogen-bond donors (Lipinski definition) is 0. The standard InChI is InChI=1S/C21H29N3O4/c1-23(13-14-24-11-3-4-12-24)19(25)15-7-9-21(10-8-15)16-5-6-17(27-2)22-18(16)20(26)28-21/h5-6,15H,3-4,7-14H2,1-2H3/t15-,21-. The summed E-state index contributed by atoms with van der Waals surface area (Å²) in [4.78, 5) is 33.8. The average molecular weight is 387 g/mol. The lowest BCUT2D eigenvalue weighted by molar-refractivity contribution is -0.137. The smallest absolute Gasteiger partial charge is 0.358 e. The number of amides is 1. The number of carbonyl (C=O) groups is 2. The minimum absolute atomic E-state index is 0.00293. The summed E-state index contributed by atoms with van der Waals surface area (Å²) in [5.74, 6) is 0.243. The van der Waals surface area contributed by atoms with E-state index in [1.165, 1.54) is 20.0 Å². The fourth-order valence-corrected chi connectivity index (χ4v) is 4.78. The van der Waals surface area contributed by atoms with Crippen molar-refractivity contribution in [3.05, 3.63) is 23.4 Å². The SMILES string of the molecule is COc1ccc2c(n1)C(=O)O[C@]21CC[C@H](C(=O)N(C)CCN2CCCC2)CC1. The molecular weight excluding hydrogens is 358 g/mol. The van der Waals surface area contributed by atoms with Gasteiger partial charge in [-0.2, -0.15) is 0 Å². The lowest BCUT2D eigenvalue weighted by Gasteiger charge is -2.37. The van der Waals surface area contributed by atoms with E-state index in [4.69, 9.17) is 9.47 Å². The topological polar surface area (TPSA) is 72.0 Å². The zero-order chi connectivity index (χ0) is 19.7. The number of nitrogens with zero attached hydrogens (tertiary/aromatic N) is 3. The van der Waals surface area contributed by atoms with Crippen LogP contribution in [0.25, 0.3) is 0 Å². The number of pyridine rings is 1. The van der Waals surface area contributed by atoms with E-state index >= 15 is 0 Å². The Balaban J connectivity index is 1.37. The second-order valence-electron chi connectivity index (χ2n) is 8.22. The molecule has 0 aromatic carbocycles. The Labute approximate surface area is 166 Å². The molecule has 1 aromatic heterocycles. The van der Waals surface area contributed by atoms with Gasteiger partial charge in [0.2, 0.25) is 11.8 Å². The Morgan fingerprint density at radius 2 is 2.04 bits per heavy atom. The Kier molecular flexibility index (Phi) is 5.27. The molecule has 4 rings (SSSR count). The molecule has 0 radical (unpaired) electrons. The molecule has 1 aliphatic carbocycles. The minimum atomic E-state index is -0.628. The van der Waals surface area contributed by atoms with Crippen LogP contribution in [0.15, 0.2) is 12.1 Å². The normalized spacial score (nSPS) is 26.9. The quantitative estimate of drug-likeness (QED) is 0.722. The van der Waals surface area contributed by atoms with E-state index in [2.05, 4.69) is 9.88 Å². The van der Waals surface area contributed by atoms with Crippen LogP contribution >= 0.6 is 0 Å². The van der Waals surface area contributed by atoms with Crippen LogP contribution in [-0.2, 0) is 15.1 Å². The van der Waals surface area contributed by atoms with Crippen molar-refractivity contribution in [2.45, 2.75) is 44.1 Å². The number of likely N-dealkylation sites (N-methyl/N-ethyl adjacent to an activating group) is 1. The molecular formula is C21H29N3O4. The minimum Gasteiger partial charge on any atom is -0.481 e. The fraction of sp³-hybridized carbons (Fsp3) is 0.667. The fourth-order valence-electron chi connectivity index (χ4n) is 4.78. The zero-order valence-corrected chi connectivity index (χ0v) is 16.8. The Hall–Kier alpha value is -2.15. The second-order valence-corrected chi connectivity index (χ2v) is 8.22. The molecule has 0 unspecified atom stereocenters. The lowest BCUT2D eigenvalue weighted by atomic mass is 9.75. The molecule has 1 saturated carbocycles. The van der Waals surface area contributed by atoms with Crippen LogP contribution < -0.4 is 4.74 Å². The number of esters is 1. The van der Waals surface area contributed by atoms with E-state index in [0.717, 1.165) is 44.6 Å². The van der Waals surface area contributed by atoms with Crippen LogP contribution in [0.5, 0.6) is 5.88 Å². The molecule has 1 spiro atoms. The molecule has 3 heterocycles. The lowest BCUT2D eigenvalue weighted by Crippen LogP contribution is -2.41. The van der Waals surface area contributed by atoms with Crippen LogP contribution in [0, 0.1) is 5.92 Å². The van der Waals surface area contributed by atoms with Gasteiger partial charge in [0, 0.05) is 37.7 Å². The van der Waals surface area contributed by atoms with Gasteiger partial charge in [-0.1, -0.05) is 0 Å². The van der Waals surface area contributed by atoms with Gasteiger partial charge < -0.3 is 19.3 Å². The molecule has 3 aliphatic rings. The highest BCUT2D eigenvalue weighted by atomic mass is 16.6. The number of carbonyl (C=O) groups excluding carboxylic acids is 2. The Bertz CT molecular complexity index is 752. The number of fused-ring (bicyclic) bond motifs is 2. The van der Waals surface area contributed by atoms with Gasteiger partial charge in [-0.15, -0.1) is 0 Å². The molecule has 1 aromatic rings. The third-order valence-electron chi connectivity index (χ3n) is 6.52.